The number of hydrogen-bond acceptors (Lipinski definition) is 3. The number of hydrogen-bond donors (Lipinski definition) is 1. The van der Waals surface area contributed by atoms with E-state index in [1.807, 2.05) is 12.1 Å². The summed E-state index contributed by atoms with van der Waals surface area (Å²) in [5.74, 6) is 0.648. The molecule has 4 heteroatoms. The molecule has 88 valence electrons. The molecule has 0 aromatic carbocycles. The molecule has 0 amide bonds. The Morgan fingerprint density at radius 3 is 2.81 bits per heavy atom. The standard InChI is InChI=1S/C12H19N3S/c1-9(2)7-15(3)8-10-5-4-6-14-11(10)12(13)16/h4-6,9H,7-8H2,1-3H3,(H2,13,16). The molecule has 0 saturated heterocycles. The van der Waals surface area contributed by atoms with Gasteiger partial charge in [-0.05, 0) is 24.6 Å². The number of nitrogens with two attached hydrogens (primary N) is 1. The van der Waals surface area contributed by atoms with Gasteiger partial charge in [-0.3, -0.25) is 4.98 Å². The number of nitrogens with zero attached hydrogens (tertiary/aromatic N) is 2. The topological polar surface area (TPSA) is 42.2 Å². The van der Waals surface area contributed by atoms with Gasteiger partial charge in [0.1, 0.15) is 10.7 Å². The van der Waals surface area contributed by atoms with E-state index < -0.39 is 0 Å². The van der Waals surface area contributed by atoms with Crippen LogP contribution in [-0.2, 0) is 6.54 Å². The lowest BCUT2D eigenvalue weighted by atomic mass is 10.1. The molecule has 1 heterocycles. The average molecular weight is 237 g/mol. The van der Waals surface area contributed by atoms with E-state index in [-0.39, 0.29) is 0 Å². The van der Waals surface area contributed by atoms with Gasteiger partial charge in [-0.2, -0.15) is 0 Å². The minimum absolute atomic E-state index is 0.369. The smallest absolute Gasteiger partial charge is 0.123 e. The van der Waals surface area contributed by atoms with Crippen LogP contribution in [0.4, 0.5) is 0 Å². The summed E-state index contributed by atoms with van der Waals surface area (Å²) < 4.78 is 0. The van der Waals surface area contributed by atoms with Crippen LogP contribution in [0.25, 0.3) is 0 Å². The summed E-state index contributed by atoms with van der Waals surface area (Å²) in [5, 5.41) is 0. The summed E-state index contributed by atoms with van der Waals surface area (Å²) in [7, 11) is 2.09. The highest BCUT2D eigenvalue weighted by Gasteiger charge is 2.09. The molecule has 0 radical (unpaired) electrons. The van der Waals surface area contributed by atoms with Gasteiger partial charge < -0.3 is 10.6 Å². The Morgan fingerprint density at radius 1 is 1.56 bits per heavy atom. The summed E-state index contributed by atoms with van der Waals surface area (Å²) in [4.78, 5) is 6.84. The van der Waals surface area contributed by atoms with E-state index in [1.165, 1.54) is 0 Å². The Balaban J connectivity index is 2.76. The summed E-state index contributed by atoms with van der Waals surface area (Å²) in [6.07, 6.45) is 1.72. The van der Waals surface area contributed by atoms with E-state index in [0.717, 1.165) is 24.3 Å². The molecule has 0 atom stereocenters. The van der Waals surface area contributed by atoms with Crippen molar-refractivity contribution in [3.63, 3.8) is 0 Å². The minimum atomic E-state index is 0.369. The lowest BCUT2D eigenvalue weighted by molar-refractivity contribution is 0.288. The van der Waals surface area contributed by atoms with Gasteiger partial charge in [-0.1, -0.05) is 32.1 Å². The third kappa shape index (κ3) is 3.87. The average Bonchev–Trinajstić information content (AvgIpc) is 2.16. The van der Waals surface area contributed by atoms with E-state index >= 15 is 0 Å². The first-order valence-electron chi connectivity index (χ1n) is 5.43. The number of aromatic nitrogens is 1. The van der Waals surface area contributed by atoms with Crippen molar-refractivity contribution in [2.45, 2.75) is 20.4 Å². The van der Waals surface area contributed by atoms with E-state index in [0.29, 0.717) is 10.9 Å². The normalized spacial score (nSPS) is 11.1. The third-order valence-electron chi connectivity index (χ3n) is 2.24. The summed E-state index contributed by atoms with van der Waals surface area (Å²) in [6, 6.07) is 3.94. The van der Waals surface area contributed by atoms with Gasteiger partial charge in [0.05, 0.1) is 0 Å². The molecule has 3 nitrogen and oxygen atoms in total. The van der Waals surface area contributed by atoms with Crippen LogP contribution in [0.3, 0.4) is 0 Å². The van der Waals surface area contributed by atoms with Gasteiger partial charge in [0.15, 0.2) is 0 Å². The maximum absolute atomic E-state index is 5.64. The van der Waals surface area contributed by atoms with Gasteiger partial charge in [0, 0.05) is 19.3 Å². The Morgan fingerprint density at radius 2 is 2.25 bits per heavy atom. The molecule has 0 aliphatic heterocycles. The molecule has 16 heavy (non-hydrogen) atoms. The van der Waals surface area contributed by atoms with Crippen LogP contribution in [0.15, 0.2) is 18.3 Å². The second kappa shape index (κ2) is 5.92. The largest absolute Gasteiger partial charge is 0.388 e. The van der Waals surface area contributed by atoms with Crippen molar-refractivity contribution in [2.24, 2.45) is 11.7 Å². The van der Waals surface area contributed by atoms with E-state index in [1.54, 1.807) is 6.20 Å². The lowest BCUT2D eigenvalue weighted by Gasteiger charge is -2.19. The highest BCUT2D eigenvalue weighted by atomic mass is 32.1. The highest BCUT2D eigenvalue weighted by molar-refractivity contribution is 7.80. The molecule has 2 N–H and O–H groups in total. The van der Waals surface area contributed by atoms with Crippen molar-refractivity contribution in [3.05, 3.63) is 29.6 Å². The molecular weight excluding hydrogens is 218 g/mol. The van der Waals surface area contributed by atoms with Gasteiger partial charge in [-0.15, -0.1) is 0 Å². The lowest BCUT2D eigenvalue weighted by Crippen LogP contribution is -2.25. The van der Waals surface area contributed by atoms with Crippen LogP contribution in [-0.4, -0.2) is 28.5 Å². The maximum Gasteiger partial charge on any atom is 0.123 e. The molecule has 0 aliphatic rings. The van der Waals surface area contributed by atoms with Crippen molar-refractivity contribution in [3.8, 4) is 0 Å². The van der Waals surface area contributed by atoms with Crippen LogP contribution in [0.5, 0.6) is 0 Å². The number of pyridine rings is 1. The van der Waals surface area contributed by atoms with Crippen molar-refractivity contribution in [1.29, 1.82) is 0 Å². The number of rotatable bonds is 5. The first-order valence-corrected chi connectivity index (χ1v) is 5.83. The summed E-state index contributed by atoms with van der Waals surface area (Å²) >= 11 is 4.99. The monoisotopic (exact) mass is 237 g/mol. The second-order valence-corrected chi connectivity index (χ2v) is 4.91. The zero-order valence-electron chi connectivity index (χ0n) is 10.1. The van der Waals surface area contributed by atoms with Gasteiger partial charge in [0.25, 0.3) is 0 Å². The highest BCUT2D eigenvalue weighted by Crippen LogP contribution is 2.09. The Kier molecular flexibility index (Phi) is 4.83. The van der Waals surface area contributed by atoms with Crippen LogP contribution in [0.2, 0.25) is 0 Å². The van der Waals surface area contributed by atoms with Crippen LogP contribution < -0.4 is 5.73 Å². The van der Waals surface area contributed by atoms with Gasteiger partial charge in [-0.25, -0.2) is 0 Å². The zero-order valence-corrected chi connectivity index (χ0v) is 10.9. The maximum atomic E-state index is 5.64. The fourth-order valence-electron chi connectivity index (χ4n) is 1.77. The fourth-order valence-corrected chi connectivity index (χ4v) is 1.95. The molecule has 0 bridgehead atoms. The predicted octanol–water partition coefficient (Wildman–Crippen LogP) is 1.80. The first-order chi connectivity index (χ1) is 7.50. The molecule has 0 spiro atoms. The van der Waals surface area contributed by atoms with Crippen LogP contribution in [0.1, 0.15) is 25.1 Å². The first kappa shape index (κ1) is 13.1. The summed E-state index contributed by atoms with van der Waals surface area (Å²) in [6.45, 7) is 6.28. The minimum Gasteiger partial charge on any atom is -0.388 e. The number of thiocarbonyl (C=S) groups is 1. The Bertz CT molecular complexity index is 363. The SMILES string of the molecule is CC(C)CN(C)Cc1cccnc1C(N)=S. The molecule has 1 rings (SSSR count). The molecule has 0 fully saturated rings. The van der Waals surface area contributed by atoms with Crippen LogP contribution >= 0.6 is 12.2 Å². The molecule has 0 aliphatic carbocycles. The van der Waals surface area contributed by atoms with Gasteiger partial charge >= 0.3 is 0 Å². The zero-order chi connectivity index (χ0) is 12.1. The molecule has 1 aromatic heterocycles. The fraction of sp³-hybridized carbons (Fsp3) is 0.500. The third-order valence-corrected chi connectivity index (χ3v) is 2.44. The second-order valence-electron chi connectivity index (χ2n) is 4.47. The predicted molar refractivity (Wildman–Crippen MR) is 71.3 cm³/mol. The molecule has 0 saturated carbocycles. The molecule has 1 aromatic rings. The Labute approximate surface area is 103 Å². The van der Waals surface area contributed by atoms with Crippen LogP contribution in [0, 0.1) is 5.92 Å². The van der Waals surface area contributed by atoms with Crippen molar-refractivity contribution < 1.29 is 0 Å². The van der Waals surface area contributed by atoms with E-state index in [4.69, 9.17) is 18.0 Å². The molecule has 0 unspecified atom stereocenters. The van der Waals surface area contributed by atoms with Crippen molar-refractivity contribution in [2.75, 3.05) is 13.6 Å². The van der Waals surface area contributed by atoms with E-state index in [2.05, 4.69) is 30.8 Å². The summed E-state index contributed by atoms with van der Waals surface area (Å²) in [5.41, 5.74) is 7.48. The molecular formula is C12H19N3S. The Hall–Kier alpha value is -1.00. The van der Waals surface area contributed by atoms with E-state index in [9.17, 15) is 0 Å². The van der Waals surface area contributed by atoms with Crippen molar-refractivity contribution >= 4 is 17.2 Å². The van der Waals surface area contributed by atoms with Crippen molar-refractivity contribution in [1.82, 2.24) is 9.88 Å². The quantitative estimate of drug-likeness (QED) is 0.793. The van der Waals surface area contributed by atoms with Gasteiger partial charge in [0.2, 0.25) is 0 Å².